The number of nitrogens with zero attached hydrogens (tertiary/aromatic N) is 1. The largest absolute Gasteiger partial charge is 0.320 e. The van der Waals surface area contributed by atoms with Crippen LogP contribution in [0.15, 0.2) is 47.8 Å². The first-order chi connectivity index (χ1) is 11.0. The molecule has 0 atom stereocenters. The van der Waals surface area contributed by atoms with Gasteiger partial charge in [0.15, 0.2) is 0 Å². The second kappa shape index (κ2) is 6.30. The van der Waals surface area contributed by atoms with Gasteiger partial charge in [0, 0.05) is 16.6 Å². The number of carbonyl (C=O) groups is 1. The summed E-state index contributed by atoms with van der Waals surface area (Å²) in [6.45, 7) is 3.83. The van der Waals surface area contributed by atoms with Gasteiger partial charge in [-0.05, 0) is 31.5 Å². The Labute approximate surface area is 137 Å². The molecule has 1 amide bonds. The Morgan fingerprint density at radius 3 is 2.61 bits per heavy atom. The van der Waals surface area contributed by atoms with E-state index in [-0.39, 0.29) is 11.7 Å². The van der Waals surface area contributed by atoms with Gasteiger partial charge in [-0.3, -0.25) is 4.79 Å². The molecule has 1 N–H and O–H groups in total. The molecule has 1 heterocycles. The molecule has 23 heavy (non-hydrogen) atoms. The maximum absolute atomic E-state index is 13.3. The number of thiazole rings is 1. The lowest BCUT2D eigenvalue weighted by atomic mass is 10.2. The Hall–Kier alpha value is -2.53. The number of benzene rings is 2. The molecule has 0 fully saturated rings. The number of carbonyl (C=O) groups excluding carboxylic acids is 1. The molecule has 0 unspecified atom stereocenters. The molecule has 0 aliphatic rings. The minimum absolute atomic E-state index is 0.328. The molecule has 0 aliphatic carbocycles. The number of aryl methyl sites for hydroxylation is 2. The third-order valence-electron chi connectivity index (χ3n) is 3.48. The van der Waals surface area contributed by atoms with Gasteiger partial charge in [-0.2, -0.15) is 0 Å². The number of halogens is 1. The Balaban J connectivity index is 1.81. The maximum atomic E-state index is 13.3. The summed E-state index contributed by atoms with van der Waals surface area (Å²) in [5, 5.41) is 5.20. The van der Waals surface area contributed by atoms with Crippen molar-refractivity contribution in [1.29, 1.82) is 0 Å². The first-order valence-electron chi connectivity index (χ1n) is 7.13. The van der Waals surface area contributed by atoms with Crippen LogP contribution in [0.25, 0.3) is 10.6 Å². The highest BCUT2D eigenvalue weighted by molar-refractivity contribution is 7.13. The molecular weight excluding hydrogens is 311 g/mol. The fourth-order valence-electron chi connectivity index (χ4n) is 2.12. The minimum atomic E-state index is -0.385. The summed E-state index contributed by atoms with van der Waals surface area (Å²) in [5.74, 6) is -0.724. The fraction of sp³-hybridized carbons (Fsp3) is 0.111. The third-order valence-corrected chi connectivity index (χ3v) is 4.37. The molecule has 3 rings (SSSR count). The lowest BCUT2D eigenvalue weighted by Gasteiger charge is -2.06. The van der Waals surface area contributed by atoms with Crippen LogP contribution in [-0.2, 0) is 0 Å². The summed E-state index contributed by atoms with van der Waals surface area (Å²) >= 11 is 1.41. The SMILES string of the molecule is Cc1ccc(-c2nc(C(=O)Nc3cc(F)ccc3C)cs2)cc1. The quantitative estimate of drug-likeness (QED) is 0.750. The number of rotatable bonds is 3. The average molecular weight is 326 g/mol. The van der Waals surface area contributed by atoms with Crippen molar-refractivity contribution in [3.05, 3.63) is 70.5 Å². The molecule has 0 bridgehead atoms. The molecule has 0 spiro atoms. The molecule has 0 saturated heterocycles. The Morgan fingerprint density at radius 1 is 1.13 bits per heavy atom. The molecule has 3 aromatic rings. The number of hydrogen-bond donors (Lipinski definition) is 1. The van der Waals surface area contributed by atoms with E-state index in [1.54, 1.807) is 11.4 Å². The van der Waals surface area contributed by atoms with E-state index >= 15 is 0 Å². The molecular formula is C18H15FN2OS. The number of hydrogen-bond acceptors (Lipinski definition) is 3. The highest BCUT2D eigenvalue weighted by Gasteiger charge is 2.13. The van der Waals surface area contributed by atoms with Crippen molar-refractivity contribution in [2.75, 3.05) is 5.32 Å². The van der Waals surface area contributed by atoms with Gasteiger partial charge in [-0.1, -0.05) is 35.9 Å². The maximum Gasteiger partial charge on any atom is 0.275 e. The van der Waals surface area contributed by atoms with Crippen molar-refractivity contribution in [3.63, 3.8) is 0 Å². The van der Waals surface area contributed by atoms with E-state index in [1.165, 1.54) is 29.0 Å². The summed E-state index contributed by atoms with van der Waals surface area (Å²) in [6, 6.07) is 12.3. The second-order valence-electron chi connectivity index (χ2n) is 5.32. The summed E-state index contributed by atoms with van der Waals surface area (Å²) in [6.07, 6.45) is 0. The smallest absolute Gasteiger partial charge is 0.275 e. The van der Waals surface area contributed by atoms with Gasteiger partial charge in [0.05, 0.1) is 0 Å². The number of amides is 1. The number of anilines is 1. The summed E-state index contributed by atoms with van der Waals surface area (Å²) in [5.41, 5.74) is 3.73. The zero-order chi connectivity index (χ0) is 16.4. The zero-order valence-corrected chi connectivity index (χ0v) is 13.6. The van der Waals surface area contributed by atoms with E-state index in [1.807, 2.05) is 38.1 Å². The van der Waals surface area contributed by atoms with Crippen LogP contribution >= 0.6 is 11.3 Å². The molecule has 116 valence electrons. The predicted molar refractivity (Wildman–Crippen MR) is 91.4 cm³/mol. The Kier molecular flexibility index (Phi) is 4.21. The van der Waals surface area contributed by atoms with Crippen LogP contribution in [0.5, 0.6) is 0 Å². The van der Waals surface area contributed by atoms with Crippen LogP contribution in [0.1, 0.15) is 21.6 Å². The summed E-state index contributed by atoms with van der Waals surface area (Å²) < 4.78 is 13.3. The van der Waals surface area contributed by atoms with Crippen LogP contribution < -0.4 is 5.32 Å². The van der Waals surface area contributed by atoms with Crippen LogP contribution in [0.2, 0.25) is 0 Å². The van der Waals surface area contributed by atoms with Crippen molar-refractivity contribution < 1.29 is 9.18 Å². The van der Waals surface area contributed by atoms with Crippen LogP contribution in [-0.4, -0.2) is 10.9 Å². The van der Waals surface area contributed by atoms with E-state index in [2.05, 4.69) is 10.3 Å². The Morgan fingerprint density at radius 2 is 1.87 bits per heavy atom. The highest BCUT2D eigenvalue weighted by Crippen LogP contribution is 2.25. The standard InChI is InChI=1S/C18H15FN2OS/c1-11-3-6-13(7-4-11)18-21-16(10-23-18)17(22)20-15-9-14(19)8-5-12(15)2/h3-10H,1-2H3,(H,20,22). The second-order valence-corrected chi connectivity index (χ2v) is 6.18. The van der Waals surface area contributed by atoms with Gasteiger partial charge in [0.1, 0.15) is 16.5 Å². The lowest BCUT2D eigenvalue weighted by Crippen LogP contribution is -2.13. The fourth-order valence-corrected chi connectivity index (χ4v) is 2.93. The van der Waals surface area contributed by atoms with Crippen molar-refractivity contribution in [2.24, 2.45) is 0 Å². The minimum Gasteiger partial charge on any atom is -0.320 e. The Bertz CT molecular complexity index is 856. The van der Waals surface area contributed by atoms with Crippen molar-refractivity contribution in [2.45, 2.75) is 13.8 Å². The molecule has 0 radical (unpaired) electrons. The van der Waals surface area contributed by atoms with E-state index in [0.717, 1.165) is 16.1 Å². The molecule has 0 aliphatic heterocycles. The van der Waals surface area contributed by atoms with Crippen molar-refractivity contribution >= 4 is 22.9 Å². The molecule has 0 saturated carbocycles. The number of aromatic nitrogens is 1. The third kappa shape index (κ3) is 3.46. The summed E-state index contributed by atoms with van der Waals surface area (Å²) in [4.78, 5) is 16.7. The molecule has 5 heteroatoms. The zero-order valence-electron chi connectivity index (χ0n) is 12.8. The van der Waals surface area contributed by atoms with Gasteiger partial charge >= 0.3 is 0 Å². The average Bonchev–Trinajstić information content (AvgIpc) is 3.02. The van der Waals surface area contributed by atoms with E-state index < -0.39 is 0 Å². The van der Waals surface area contributed by atoms with Crippen LogP contribution in [0, 0.1) is 19.7 Å². The van der Waals surface area contributed by atoms with Crippen LogP contribution in [0.3, 0.4) is 0 Å². The molecule has 2 aromatic carbocycles. The van der Waals surface area contributed by atoms with E-state index in [9.17, 15) is 9.18 Å². The van der Waals surface area contributed by atoms with Crippen molar-refractivity contribution in [3.8, 4) is 10.6 Å². The van der Waals surface area contributed by atoms with Crippen molar-refractivity contribution in [1.82, 2.24) is 4.98 Å². The highest BCUT2D eigenvalue weighted by atomic mass is 32.1. The van der Waals surface area contributed by atoms with Gasteiger partial charge in [-0.15, -0.1) is 11.3 Å². The normalized spacial score (nSPS) is 10.6. The number of nitrogens with one attached hydrogen (secondary N) is 1. The first kappa shape index (κ1) is 15.4. The summed E-state index contributed by atoms with van der Waals surface area (Å²) in [7, 11) is 0. The lowest BCUT2D eigenvalue weighted by molar-refractivity contribution is 0.102. The molecule has 1 aromatic heterocycles. The van der Waals surface area contributed by atoms with Gasteiger partial charge in [0.2, 0.25) is 0 Å². The van der Waals surface area contributed by atoms with Gasteiger partial charge in [-0.25, -0.2) is 9.37 Å². The topological polar surface area (TPSA) is 42.0 Å². The van der Waals surface area contributed by atoms with Gasteiger partial charge < -0.3 is 5.32 Å². The molecule has 3 nitrogen and oxygen atoms in total. The monoisotopic (exact) mass is 326 g/mol. The first-order valence-corrected chi connectivity index (χ1v) is 8.01. The van der Waals surface area contributed by atoms with E-state index in [4.69, 9.17) is 0 Å². The van der Waals surface area contributed by atoms with Crippen LogP contribution in [0.4, 0.5) is 10.1 Å². The van der Waals surface area contributed by atoms with Gasteiger partial charge in [0.25, 0.3) is 5.91 Å². The van der Waals surface area contributed by atoms with E-state index in [0.29, 0.717) is 11.4 Å². The predicted octanol–water partition coefficient (Wildman–Crippen LogP) is 4.82.